The zero-order valence-corrected chi connectivity index (χ0v) is 9.40. The summed E-state index contributed by atoms with van der Waals surface area (Å²) in [5.41, 5.74) is 1.45. The summed E-state index contributed by atoms with van der Waals surface area (Å²) in [4.78, 5) is 0. The maximum Gasteiger partial charge on any atom is 0.125 e. The van der Waals surface area contributed by atoms with Crippen LogP contribution in [0.25, 0.3) is 0 Å². The number of benzene rings is 1. The van der Waals surface area contributed by atoms with Gasteiger partial charge in [0.05, 0.1) is 24.9 Å². The van der Waals surface area contributed by atoms with Crippen LogP contribution >= 0.6 is 0 Å². The molecule has 0 bridgehead atoms. The summed E-state index contributed by atoms with van der Waals surface area (Å²) in [6.07, 6.45) is 1.79. The Kier molecular flexibility index (Phi) is 2.72. The first-order valence-corrected chi connectivity index (χ1v) is 5.84. The van der Waals surface area contributed by atoms with Crippen LogP contribution < -0.4 is 5.01 Å². The van der Waals surface area contributed by atoms with Crippen molar-refractivity contribution < 1.29 is 13.6 Å². The molecule has 1 saturated heterocycles. The monoisotopic (exact) mass is 240 g/mol. The molecule has 0 N–H and O–H groups in total. The van der Waals surface area contributed by atoms with E-state index >= 15 is 0 Å². The maximum absolute atomic E-state index is 13.9. The third-order valence-corrected chi connectivity index (χ3v) is 3.31. The first kappa shape index (κ1) is 10.9. The molecule has 0 aromatic heterocycles. The quantitative estimate of drug-likeness (QED) is 0.701. The van der Waals surface area contributed by atoms with Crippen molar-refractivity contribution in [3.8, 4) is 0 Å². The molecule has 5 heteroatoms. The van der Waals surface area contributed by atoms with Crippen molar-refractivity contribution in [3.05, 3.63) is 29.6 Å². The van der Waals surface area contributed by atoms with E-state index in [0.717, 1.165) is 25.0 Å². The third kappa shape index (κ3) is 1.89. The first-order chi connectivity index (χ1) is 8.25. The van der Waals surface area contributed by atoms with Crippen LogP contribution in [0.1, 0.15) is 18.4 Å². The summed E-state index contributed by atoms with van der Waals surface area (Å²) in [5, 5.41) is 2.18. The van der Waals surface area contributed by atoms with Gasteiger partial charge in [-0.05, 0) is 30.5 Å². The van der Waals surface area contributed by atoms with Gasteiger partial charge in [-0.2, -0.15) is 0 Å². The van der Waals surface area contributed by atoms with E-state index in [1.54, 1.807) is 6.07 Å². The second-order valence-electron chi connectivity index (χ2n) is 4.48. The third-order valence-electron chi connectivity index (χ3n) is 3.31. The van der Waals surface area contributed by atoms with Gasteiger partial charge in [0.15, 0.2) is 0 Å². The molecule has 0 aliphatic carbocycles. The normalized spacial score (nSPS) is 25.1. The molecule has 0 saturated carbocycles. The van der Waals surface area contributed by atoms with E-state index < -0.39 is 0 Å². The van der Waals surface area contributed by atoms with Crippen LogP contribution in [-0.2, 0) is 11.3 Å². The lowest BCUT2D eigenvalue weighted by atomic mass is 10.1. The van der Waals surface area contributed by atoms with E-state index in [0.29, 0.717) is 17.5 Å². The van der Waals surface area contributed by atoms with Gasteiger partial charge in [-0.25, -0.2) is 4.39 Å². The molecule has 92 valence electrons. The maximum atomic E-state index is 13.9. The molecule has 2 aliphatic rings. The molecule has 0 spiro atoms. The molecule has 3 nitrogen and oxygen atoms in total. The molecule has 3 rings (SSSR count). The van der Waals surface area contributed by atoms with Crippen molar-refractivity contribution in [1.29, 1.82) is 0 Å². The van der Waals surface area contributed by atoms with Crippen LogP contribution in [0.2, 0.25) is 0 Å². The lowest BCUT2D eigenvalue weighted by molar-refractivity contribution is -0.0228. The predicted octanol–water partition coefficient (Wildman–Crippen LogP) is 2.43. The number of halogens is 2. The van der Waals surface area contributed by atoms with Crippen molar-refractivity contribution in [2.24, 2.45) is 0 Å². The molecule has 1 aromatic rings. The highest BCUT2D eigenvalue weighted by Gasteiger charge is 2.34. The Morgan fingerprint density at radius 1 is 1.35 bits per heavy atom. The molecule has 2 aliphatic heterocycles. The Morgan fingerprint density at radius 2 is 2.24 bits per heavy atom. The minimum atomic E-state index is -0.333. The second-order valence-corrected chi connectivity index (χ2v) is 4.48. The van der Waals surface area contributed by atoms with E-state index in [1.165, 1.54) is 17.1 Å². The Labute approximate surface area is 98.5 Å². The van der Waals surface area contributed by atoms with Crippen molar-refractivity contribution >= 4 is 5.69 Å². The summed E-state index contributed by atoms with van der Waals surface area (Å²) >= 11 is 0. The fraction of sp³-hybridized carbons (Fsp3) is 0.500. The SMILES string of the molecule is Fc1ccc2c(c1)N(C1CCCOC1)N(F)C2. The zero-order chi connectivity index (χ0) is 11.8. The van der Waals surface area contributed by atoms with E-state index in [1.807, 2.05) is 0 Å². The minimum absolute atomic E-state index is 0.0307. The number of hydrogen-bond acceptors (Lipinski definition) is 3. The van der Waals surface area contributed by atoms with E-state index in [4.69, 9.17) is 4.74 Å². The lowest BCUT2D eigenvalue weighted by Gasteiger charge is -2.34. The fourth-order valence-corrected chi connectivity index (χ4v) is 2.51. The van der Waals surface area contributed by atoms with Gasteiger partial charge < -0.3 is 4.74 Å². The number of ether oxygens (including phenoxy) is 1. The van der Waals surface area contributed by atoms with E-state index in [-0.39, 0.29) is 18.4 Å². The summed E-state index contributed by atoms with van der Waals surface area (Å²) in [6, 6.07) is 4.37. The largest absolute Gasteiger partial charge is 0.379 e. The van der Waals surface area contributed by atoms with Gasteiger partial charge in [0, 0.05) is 6.61 Å². The smallest absolute Gasteiger partial charge is 0.125 e. The Bertz CT molecular complexity index is 421. The van der Waals surface area contributed by atoms with Gasteiger partial charge in [-0.3, -0.25) is 5.01 Å². The highest BCUT2D eigenvalue weighted by molar-refractivity contribution is 5.56. The summed E-state index contributed by atoms with van der Waals surface area (Å²) < 4.78 is 32.5. The average Bonchev–Trinajstić information content (AvgIpc) is 2.65. The Balaban J connectivity index is 1.92. The standard InChI is InChI=1S/C12H14F2N2O/c13-10-4-3-9-7-15(14)16(12(9)6-10)11-2-1-5-17-8-11/h3-4,6,11H,1-2,5,7-8H2. The van der Waals surface area contributed by atoms with Gasteiger partial charge in [0.25, 0.3) is 0 Å². The molecule has 1 aromatic carbocycles. The summed E-state index contributed by atoms with van der Waals surface area (Å²) in [7, 11) is 0. The first-order valence-electron chi connectivity index (χ1n) is 5.84. The highest BCUT2D eigenvalue weighted by Crippen LogP contribution is 2.35. The van der Waals surface area contributed by atoms with E-state index in [9.17, 15) is 8.87 Å². The minimum Gasteiger partial charge on any atom is -0.379 e. The molecule has 0 amide bonds. The van der Waals surface area contributed by atoms with Crippen molar-refractivity contribution in [3.63, 3.8) is 0 Å². The fourth-order valence-electron chi connectivity index (χ4n) is 2.51. The van der Waals surface area contributed by atoms with Crippen LogP contribution in [0.4, 0.5) is 14.6 Å². The number of nitrogens with zero attached hydrogens (tertiary/aromatic N) is 2. The molecule has 0 radical (unpaired) electrons. The van der Waals surface area contributed by atoms with Crippen molar-refractivity contribution in [2.75, 3.05) is 18.2 Å². The number of hydrogen-bond donors (Lipinski definition) is 0. The van der Waals surface area contributed by atoms with Crippen LogP contribution in [0.3, 0.4) is 0 Å². The van der Waals surface area contributed by atoms with E-state index in [2.05, 4.69) is 0 Å². The number of hydrazine groups is 1. The molecule has 2 heterocycles. The van der Waals surface area contributed by atoms with Crippen molar-refractivity contribution in [1.82, 2.24) is 5.23 Å². The van der Waals surface area contributed by atoms with Crippen molar-refractivity contribution in [2.45, 2.75) is 25.4 Å². The summed E-state index contributed by atoms with van der Waals surface area (Å²) in [5.74, 6) is -0.333. The number of fused-ring (bicyclic) bond motifs is 1. The molecule has 1 atom stereocenters. The predicted molar refractivity (Wildman–Crippen MR) is 59.4 cm³/mol. The second kappa shape index (κ2) is 4.23. The molecule has 1 fully saturated rings. The van der Waals surface area contributed by atoms with Crippen LogP contribution in [0, 0.1) is 5.82 Å². The average molecular weight is 240 g/mol. The number of rotatable bonds is 1. The lowest BCUT2D eigenvalue weighted by Crippen LogP contribution is -2.45. The van der Waals surface area contributed by atoms with Crippen LogP contribution in [-0.4, -0.2) is 24.5 Å². The Morgan fingerprint density at radius 3 is 3.00 bits per heavy atom. The van der Waals surface area contributed by atoms with Crippen LogP contribution in [0.15, 0.2) is 18.2 Å². The van der Waals surface area contributed by atoms with Gasteiger partial charge in [0.2, 0.25) is 0 Å². The Hall–Kier alpha value is -1.20. The van der Waals surface area contributed by atoms with Gasteiger partial charge >= 0.3 is 0 Å². The molecule has 1 unspecified atom stereocenters. The summed E-state index contributed by atoms with van der Waals surface area (Å²) in [6.45, 7) is 1.41. The molecule has 17 heavy (non-hydrogen) atoms. The van der Waals surface area contributed by atoms with Gasteiger partial charge in [-0.15, -0.1) is 4.48 Å². The zero-order valence-electron chi connectivity index (χ0n) is 9.40. The highest BCUT2D eigenvalue weighted by atomic mass is 19.2. The number of anilines is 1. The topological polar surface area (TPSA) is 15.7 Å². The molecular weight excluding hydrogens is 226 g/mol. The van der Waals surface area contributed by atoms with Gasteiger partial charge in [0.1, 0.15) is 5.82 Å². The van der Waals surface area contributed by atoms with Crippen LogP contribution in [0.5, 0.6) is 0 Å². The molecular formula is C12H14F2N2O. The van der Waals surface area contributed by atoms with Gasteiger partial charge in [-0.1, -0.05) is 11.3 Å².